The van der Waals surface area contributed by atoms with Crippen LogP contribution in [-0.2, 0) is 16.0 Å². The molecule has 1 aromatic carbocycles. The summed E-state index contributed by atoms with van der Waals surface area (Å²) < 4.78 is 47.7. The molecule has 8 heteroatoms. The molecule has 1 heterocycles. The third-order valence-electron chi connectivity index (χ3n) is 5.81. The Hall–Kier alpha value is -2.22. The molecule has 0 aromatic heterocycles. The zero-order valence-corrected chi connectivity index (χ0v) is 16.8. The minimum Gasteiger partial charge on any atom is -0.509 e. The average Bonchev–Trinajstić information content (AvgIpc) is 2.89. The van der Waals surface area contributed by atoms with E-state index >= 15 is 0 Å². The van der Waals surface area contributed by atoms with Crippen LogP contribution in [-0.4, -0.2) is 42.5 Å². The van der Waals surface area contributed by atoms with Gasteiger partial charge in [-0.05, 0) is 67.9 Å². The van der Waals surface area contributed by atoms with Crippen LogP contribution in [0.3, 0.4) is 0 Å². The quantitative estimate of drug-likeness (QED) is 0.758. The third kappa shape index (κ3) is 4.22. The number of ether oxygens (including phenoxy) is 2. The van der Waals surface area contributed by atoms with Crippen LogP contribution in [0.2, 0.25) is 0 Å². The Morgan fingerprint density at radius 3 is 2.48 bits per heavy atom. The third-order valence-corrected chi connectivity index (χ3v) is 5.81. The molecule has 2 N–H and O–H groups in total. The maximum atomic E-state index is 12.8. The maximum Gasteiger partial charge on any atom is 0.422 e. The summed E-state index contributed by atoms with van der Waals surface area (Å²) in [5.74, 6) is -0.256. The highest BCUT2D eigenvalue weighted by molar-refractivity contribution is 6.24. The van der Waals surface area contributed by atoms with Crippen molar-refractivity contribution in [2.45, 2.75) is 63.8 Å². The molecule has 0 radical (unpaired) electrons. The van der Waals surface area contributed by atoms with Crippen molar-refractivity contribution in [1.29, 1.82) is 0 Å². The molecule has 5 nitrogen and oxygen atoms in total. The summed E-state index contributed by atoms with van der Waals surface area (Å²) in [6, 6.07) is 2.98. The fourth-order valence-electron chi connectivity index (χ4n) is 4.31. The van der Waals surface area contributed by atoms with Gasteiger partial charge in [-0.3, -0.25) is 4.79 Å². The normalized spacial score (nSPS) is 24.9. The summed E-state index contributed by atoms with van der Waals surface area (Å²) >= 11 is 0. The molecule has 1 saturated carbocycles. The summed E-state index contributed by atoms with van der Waals surface area (Å²) in [5, 5.41) is 14.0. The number of hydrogen-bond donors (Lipinski definition) is 2. The summed E-state index contributed by atoms with van der Waals surface area (Å²) in [4.78, 5) is 12.8. The standard InChI is InChI=1S/C21H26F3NO4/c1-4-13-10-15(29-11-21(22,23)24)9-12(2)16(13)17-18(26)20(25-19(17)27)7-5-14(28-3)6-8-20/h9-10,14,26H,4-8,11H2,1-3H3,(H,25,27)/t14-,20+. The van der Waals surface area contributed by atoms with Gasteiger partial charge in [-0.25, -0.2) is 0 Å². The van der Waals surface area contributed by atoms with E-state index in [0.29, 0.717) is 36.0 Å². The van der Waals surface area contributed by atoms with Crippen LogP contribution in [0.15, 0.2) is 17.9 Å². The smallest absolute Gasteiger partial charge is 0.422 e. The van der Waals surface area contributed by atoms with Crippen LogP contribution < -0.4 is 10.1 Å². The van der Waals surface area contributed by atoms with E-state index in [4.69, 9.17) is 9.47 Å². The van der Waals surface area contributed by atoms with Crippen molar-refractivity contribution < 1.29 is 32.5 Å². The Labute approximate surface area is 167 Å². The number of aliphatic hydroxyl groups excluding tert-OH is 1. The van der Waals surface area contributed by atoms with Crippen LogP contribution in [0.4, 0.5) is 13.2 Å². The monoisotopic (exact) mass is 413 g/mol. The van der Waals surface area contributed by atoms with Gasteiger partial charge in [0.05, 0.1) is 17.2 Å². The average molecular weight is 413 g/mol. The minimum atomic E-state index is -4.43. The molecule has 1 spiro atoms. The zero-order chi connectivity index (χ0) is 21.4. The van der Waals surface area contributed by atoms with Crippen molar-refractivity contribution in [1.82, 2.24) is 5.32 Å². The molecule has 1 aliphatic heterocycles. The molecule has 2 aliphatic rings. The number of aryl methyl sites for hydroxylation is 2. The van der Waals surface area contributed by atoms with Gasteiger partial charge in [-0.1, -0.05) is 6.92 Å². The highest BCUT2D eigenvalue weighted by Crippen LogP contribution is 2.43. The fourth-order valence-corrected chi connectivity index (χ4v) is 4.31. The van der Waals surface area contributed by atoms with Gasteiger partial charge >= 0.3 is 6.18 Å². The molecular formula is C21H26F3NO4. The van der Waals surface area contributed by atoms with E-state index in [1.807, 2.05) is 6.92 Å². The predicted octanol–water partition coefficient (Wildman–Crippen LogP) is 4.23. The lowest BCUT2D eigenvalue weighted by Gasteiger charge is -2.36. The number of benzene rings is 1. The first-order chi connectivity index (χ1) is 13.6. The number of amides is 1. The molecule has 0 unspecified atom stereocenters. The van der Waals surface area contributed by atoms with Crippen LogP contribution in [0, 0.1) is 6.92 Å². The Morgan fingerprint density at radius 1 is 1.28 bits per heavy atom. The number of rotatable bonds is 5. The molecular weight excluding hydrogens is 387 g/mol. The fraction of sp³-hybridized carbons (Fsp3) is 0.571. The van der Waals surface area contributed by atoms with Crippen molar-refractivity contribution >= 4 is 11.5 Å². The van der Waals surface area contributed by atoms with Crippen LogP contribution in [0.25, 0.3) is 5.57 Å². The first-order valence-electron chi connectivity index (χ1n) is 9.72. The maximum absolute atomic E-state index is 12.8. The van der Waals surface area contributed by atoms with Crippen LogP contribution >= 0.6 is 0 Å². The highest BCUT2D eigenvalue weighted by Gasteiger charge is 2.48. The number of carbonyl (C=O) groups excluding carboxylic acids is 1. The topological polar surface area (TPSA) is 67.8 Å². The molecule has 0 saturated heterocycles. The molecule has 0 bridgehead atoms. The highest BCUT2D eigenvalue weighted by atomic mass is 19.4. The van der Waals surface area contributed by atoms with Gasteiger partial charge in [-0.2, -0.15) is 13.2 Å². The number of halogens is 3. The number of aliphatic hydroxyl groups is 1. The van der Waals surface area contributed by atoms with Crippen molar-refractivity contribution in [2.24, 2.45) is 0 Å². The lowest BCUT2D eigenvalue weighted by atomic mass is 9.79. The first kappa shape index (κ1) is 21.5. The second kappa shape index (κ2) is 7.89. The first-order valence-corrected chi connectivity index (χ1v) is 9.72. The second-order valence-corrected chi connectivity index (χ2v) is 7.73. The van der Waals surface area contributed by atoms with Crippen LogP contribution in [0.5, 0.6) is 5.75 Å². The van der Waals surface area contributed by atoms with E-state index in [1.54, 1.807) is 14.0 Å². The second-order valence-electron chi connectivity index (χ2n) is 7.73. The van der Waals surface area contributed by atoms with Crippen molar-refractivity contribution in [2.75, 3.05) is 13.7 Å². The number of hydrogen-bond acceptors (Lipinski definition) is 4. The molecule has 1 fully saturated rings. The summed E-state index contributed by atoms with van der Waals surface area (Å²) in [6.45, 7) is 2.16. The van der Waals surface area contributed by atoms with E-state index < -0.39 is 18.3 Å². The minimum absolute atomic E-state index is 0.0128. The van der Waals surface area contributed by atoms with E-state index in [0.717, 1.165) is 12.8 Å². The number of carbonyl (C=O) groups is 1. The lowest BCUT2D eigenvalue weighted by Crippen LogP contribution is -2.48. The number of methoxy groups -OCH3 is 1. The van der Waals surface area contributed by atoms with E-state index in [1.165, 1.54) is 12.1 Å². The van der Waals surface area contributed by atoms with Gasteiger partial charge in [0.15, 0.2) is 6.61 Å². The lowest BCUT2D eigenvalue weighted by molar-refractivity contribution is -0.153. The summed E-state index contributed by atoms with van der Waals surface area (Å²) in [6.07, 6.45) is -1.27. The Balaban J connectivity index is 1.97. The van der Waals surface area contributed by atoms with Gasteiger partial charge in [0.1, 0.15) is 11.5 Å². The van der Waals surface area contributed by atoms with E-state index in [-0.39, 0.29) is 29.1 Å². The largest absolute Gasteiger partial charge is 0.509 e. The van der Waals surface area contributed by atoms with E-state index in [2.05, 4.69) is 5.32 Å². The van der Waals surface area contributed by atoms with Gasteiger partial charge in [-0.15, -0.1) is 0 Å². The molecule has 0 atom stereocenters. The van der Waals surface area contributed by atoms with Gasteiger partial charge in [0.25, 0.3) is 5.91 Å². The Morgan fingerprint density at radius 2 is 1.93 bits per heavy atom. The Bertz CT molecular complexity index is 824. The number of nitrogens with one attached hydrogen (secondary N) is 1. The molecule has 1 aliphatic carbocycles. The number of alkyl halides is 3. The van der Waals surface area contributed by atoms with Gasteiger partial charge in [0, 0.05) is 7.11 Å². The molecule has 160 valence electrons. The van der Waals surface area contributed by atoms with Crippen molar-refractivity contribution in [3.05, 3.63) is 34.6 Å². The SMILES string of the molecule is CCc1cc(OCC(F)(F)F)cc(C)c1C1=C(O)[C@]2(CC[C@H](OC)CC2)NC1=O. The summed E-state index contributed by atoms with van der Waals surface area (Å²) in [5.41, 5.74) is 1.21. The molecule has 3 rings (SSSR count). The molecule has 29 heavy (non-hydrogen) atoms. The van der Waals surface area contributed by atoms with Crippen molar-refractivity contribution in [3.8, 4) is 5.75 Å². The van der Waals surface area contributed by atoms with Gasteiger partial charge < -0.3 is 19.9 Å². The van der Waals surface area contributed by atoms with Crippen LogP contribution in [0.1, 0.15) is 49.3 Å². The van der Waals surface area contributed by atoms with Crippen molar-refractivity contribution in [3.63, 3.8) is 0 Å². The zero-order valence-electron chi connectivity index (χ0n) is 16.8. The van der Waals surface area contributed by atoms with E-state index in [9.17, 15) is 23.1 Å². The molecule has 1 aromatic rings. The summed E-state index contributed by atoms with van der Waals surface area (Å²) in [7, 11) is 1.65. The predicted molar refractivity (Wildman–Crippen MR) is 102 cm³/mol. The molecule has 1 amide bonds. The Kier molecular flexibility index (Phi) is 5.85. The van der Waals surface area contributed by atoms with Gasteiger partial charge in [0.2, 0.25) is 0 Å².